The highest BCUT2D eigenvalue weighted by Gasteiger charge is 2.42. The lowest BCUT2D eigenvalue weighted by molar-refractivity contribution is 0.204. The molecule has 0 saturated heterocycles. The van der Waals surface area contributed by atoms with Gasteiger partial charge in [-0.05, 0) is 30.7 Å². The van der Waals surface area contributed by atoms with Gasteiger partial charge in [0.2, 0.25) is 0 Å². The van der Waals surface area contributed by atoms with Crippen molar-refractivity contribution in [2.24, 2.45) is 11.1 Å². The fourth-order valence-corrected chi connectivity index (χ4v) is 5.35. The summed E-state index contributed by atoms with van der Waals surface area (Å²) < 4.78 is 25.4. The van der Waals surface area contributed by atoms with Crippen LogP contribution in [0.2, 0.25) is 0 Å². The van der Waals surface area contributed by atoms with E-state index >= 15 is 0 Å². The smallest absolute Gasteiger partial charge is 0.158 e. The Labute approximate surface area is 122 Å². The van der Waals surface area contributed by atoms with Gasteiger partial charge in [0, 0.05) is 6.04 Å². The van der Waals surface area contributed by atoms with Crippen molar-refractivity contribution in [2.45, 2.75) is 57.1 Å². The molecule has 2 atom stereocenters. The first kappa shape index (κ1) is 15.5. The Morgan fingerprint density at radius 1 is 1.35 bits per heavy atom. The van der Waals surface area contributed by atoms with Gasteiger partial charge >= 0.3 is 0 Å². The molecular formula is C16H25NO2S. The molecule has 2 N–H and O–H groups in total. The Hall–Kier alpha value is -0.870. The predicted molar refractivity (Wildman–Crippen MR) is 83.2 cm³/mol. The van der Waals surface area contributed by atoms with Crippen molar-refractivity contribution >= 4 is 9.84 Å². The summed E-state index contributed by atoms with van der Waals surface area (Å²) in [5.41, 5.74) is 8.10. The van der Waals surface area contributed by atoms with Crippen molar-refractivity contribution in [1.29, 1.82) is 0 Å². The first-order valence-electron chi connectivity index (χ1n) is 7.25. The van der Waals surface area contributed by atoms with E-state index in [9.17, 15) is 8.42 Å². The molecule has 1 aliphatic rings. The number of hydrogen-bond acceptors (Lipinski definition) is 3. The Morgan fingerprint density at radius 2 is 2.05 bits per heavy atom. The van der Waals surface area contributed by atoms with Crippen LogP contribution in [0.3, 0.4) is 0 Å². The van der Waals surface area contributed by atoms with E-state index in [1.807, 2.05) is 31.2 Å². The maximum Gasteiger partial charge on any atom is 0.158 e. The lowest BCUT2D eigenvalue weighted by Gasteiger charge is -2.41. The molecule has 2 unspecified atom stereocenters. The Bertz CT molecular complexity index is 578. The van der Waals surface area contributed by atoms with Crippen molar-refractivity contribution in [1.82, 2.24) is 0 Å². The SMILES string of the molecule is Cc1cccc(CS(=O)(=O)C2CCCC(C)(C)C2N)c1. The van der Waals surface area contributed by atoms with Gasteiger partial charge in [0.1, 0.15) is 0 Å². The minimum absolute atomic E-state index is 0.0947. The second-order valence-corrected chi connectivity index (χ2v) is 8.96. The molecule has 20 heavy (non-hydrogen) atoms. The number of sulfone groups is 1. The van der Waals surface area contributed by atoms with Crippen molar-refractivity contribution in [2.75, 3.05) is 0 Å². The fraction of sp³-hybridized carbons (Fsp3) is 0.625. The van der Waals surface area contributed by atoms with E-state index in [1.165, 1.54) is 0 Å². The largest absolute Gasteiger partial charge is 0.326 e. The summed E-state index contributed by atoms with van der Waals surface area (Å²) in [4.78, 5) is 0. The second-order valence-electron chi connectivity index (χ2n) is 6.74. The normalized spacial score (nSPS) is 26.4. The topological polar surface area (TPSA) is 60.2 Å². The zero-order chi connectivity index (χ0) is 15.0. The molecule has 1 aliphatic carbocycles. The fourth-order valence-electron chi connectivity index (χ4n) is 3.15. The van der Waals surface area contributed by atoms with E-state index in [4.69, 9.17) is 5.73 Å². The maximum absolute atomic E-state index is 12.7. The summed E-state index contributed by atoms with van der Waals surface area (Å²) in [5, 5.41) is -0.410. The minimum Gasteiger partial charge on any atom is -0.326 e. The molecule has 0 heterocycles. The zero-order valence-corrected chi connectivity index (χ0v) is 13.4. The highest BCUT2D eigenvalue weighted by molar-refractivity contribution is 7.91. The molecule has 1 aromatic carbocycles. The van der Waals surface area contributed by atoms with Gasteiger partial charge in [-0.15, -0.1) is 0 Å². The third-order valence-electron chi connectivity index (χ3n) is 4.52. The third kappa shape index (κ3) is 3.23. The lowest BCUT2D eigenvalue weighted by atomic mass is 9.73. The molecule has 0 radical (unpaired) electrons. The molecule has 1 saturated carbocycles. The molecule has 0 amide bonds. The molecule has 0 aromatic heterocycles. The minimum atomic E-state index is -3.20. The van der Waals surface area contributed by atoms with Gasteiger partial charge in [-0.3, -0.25) is 0 Å². The Morgan fingerprint density at radius 3 is 2.70 bits per heavy atom. The van der Waals surface area contributed by atoms with Gasteiger partial charge < -0.3 is 5.73 Å². The van der Waals surface area contributed by atoms with Gasteiger partial charge in [-0.25, -0.2) is 8.42 Å². The van der Waals surface area contributed by atoms with E-state index in [0.717, 1.165) is 24.0 Å². The molecule has 112 valence electrons. The highest BCUT2D eigenvalue weighted by Crippen LogP contribution is 2.38. The summed E-state index contributed by atoms with van der Waals surface area (Å²) >= 11 is 0. The first-order valence-corrected chi connectivity index (χ1v) is 8.97. The van der Waals surface area contributed by atoms with E-state index in [0.29, 0.717) is 6.42 Å². The van der Waals surface area contributed by atoms with Crippen LogP contribution >= 0.6 is 0 Å². The summed E-state index contributed by atoms with van der Waals surface area (Å²) in [6.45, 7) is 6.13. The third-order valence-corrected chi connectivity index (χ3v) is 6.71. The van der Waals surface area contributed by atoms with Gasteiger partial charge in [-0.2, -0.15) is 0 Å². The monoisotopic (exact) mass is 295 g/mol. The van der Waals surface area contributed by atoms with E-state index < -0.39 is 15.1 Å². The van der Waals surface area contributed by atoms with E-state index in [1.54, 1.807) is 0 Å². The molecule has 3 nitrogen and oxygen atoms in total. The van der Waals surface area contributed by atoms with Crippen LogP contribution in [0.5, 0.6) is 0 Å². The van der Waals surface area contributed by atoms with Crippen LogP contribution in [0.1, 0.15) is 44.2 Å². The van der Waals surface area contributed by atoms with Gasteiger partial charge in [0.15, 0.2) is 9.84 Å². The number of aryl methyl sites for hydroxylation is 1. The zero-order valence-electron chi connectivity index (χ0n) is 12.6. The Kier molecular flexibility index (Phi) is 4.26. The maximum atomic E-state index is 12.7. The van der Waals surface area contributed by atoms with Crippen LogP contribution in [-0.2, 0) is 15.6 Å². The van der Waals surface area contributed by atoms with Gasteiger partial charge in [0.25, 0.3) is 0 Å². The van der Waals surface area contributed by atoms with Gasteiger partial charge in [0.05, 0.1) is 11.0 Å². The van der Waals surface area contributed by atoms with Crippen LogP contribution in [0, 0.1) is 12.3 Å². The Balaban J connectivity index is 2.22. The van der Waals surface area contributed by atoms with E-state index in [2.05, 4.69) is 13.8 Å². The first-order chi connectivity index (χ1) is 9.22. The summed E-state index contributed by atoms with van der Waals surface area (Å²) in [7, 11) is -3.20. The standard InChI is InChI=1S/C16H25NO2S/c1-12-6-4-7-13(10-12)11-20(18,19)14-8-5-9-16(2,3)15(14)17/h4,6-7,10,14-15H,5,8-9,11,17H2,1-3H3. The number of benzene rings is 1. The number of hydrogen-bond donors (Lipinski definition) is 1. The van der Waals surface area contributed by atoms with Crippen LogP contribution < -0.4 is 5.73 Å². The molecule has 0 aliphatic heterocycles. The van der Waals surface area contributed by atoms with Crippen molar-refractivity contribution in [3.63, 3.8) is 0 Å². The average molecular weight is 295 g/mol. The number of rotatable bonds is 3. The molecule has 1 fully saturated rings. The van der Waals surface area contributed by atoms with Crippen molar-refractivity contribution in [3.05, 3.63) is 35.4 Å². The molecule has 1 aromatic rings. The molecular weight excluding hydrogens is 270 g/mol. The van der Waals surface area contributed by atoms with Crippen LogP contribution in [0.25, 0.3) is 0 Å². The highest BCUT2D eigenvalue weighted by atomic mass is 32.2. The summed E-state index contributed by atoms with van der Waals surface area (Å²) in [5.74, 6) is 0.100. The molecule has 0 bridgehead atoms. The quantitative estimate of drug-likeness (QED) is 0.932. The van der Waals surface area contributed by atoms with Crippen LogP contribution in [0.4, 0.5) is 0 Å². The lowest BCUT2D eigenvalue weighted by Crippen LogP contribution is -2.52. The van der Waals surface area contributed by atoms with Gasteiger partial charge in [-0.1, -0.05) is 50.1 Å². The van der Waals surface area contributed by atoms with E-state index in [-0.39, 0.29) is 17.2 Å². The van der Waals surface area contributed by atoms with Crippen LogP contribution in [-0.4, -0.2) is 19.7 Å². The average Bonchev–Trinajstić information content (AvgIpc) is 2.31. The second kappa shape index (κ2) is 5.49. The van der Waals surface area contributed by atoms with Crippen molar-refractivity contribution in [3.8, 4) is 0 Å². The predicted octanol–water partition coefficient (Wildman–Crippen LogP) is 2.82. The molecule has 0 spiro atoms. The summed E-state index contributed by atoms with van der Waals surface area (Å²) in [6, 6.07) is 7.43. The van der Waals surface area contributed by atoms with Crippen molar-refractivity contribution < 1.29 is 8.42 Å². The number of nitrogens with two attached hydrogens (primary N) is 1. The summed E-state index contributed by atoms with van der Waals surface area (Å²) in [6.07, 6.45) is 2.64. The van der Waals surface area contributed by atoms with Crippen LogP contribution in [0.15, 0.2) is 24.3 Å². The molecule has 4 heteroatoms. The molecule has 2 rings (SSSR count).